The van der Waals surface area contributed by atoms with Crippen LogP contribution in [0.15, 0.2) is 11.0 Å². The van der Waals surface area contributed by atoms with E-state index in [1.54, 1.807) is 7.11 Å². The molecule has 1 unspecified atom stereocenters. The summed E-state index contributed by atoms with van der Waals surface area (Å²) in [6.07, 6.45) is 1.88. The lowest BCUT2D eigenvalue weighted by molar-refractivity contribution is 0.126. The monoisotopic (exact) mass is 354 g/mol. The number of nitrogens with one attached hydrogen (secondary N) is 1. The first-order valence-corrected chi connectivity index (χ1v) is 10.1. The summed E-state index contributed by atoms with van der Waals surface area (Å²) in [5.74, 6) is 0. The van der Waals surface area contributed by atoms with Crippen molar-refractivity contribution in [3.05, 3.63) is 28.3 Å². The van der Waals surface area contributed by atoms with Crippen molar-refractivity contribution in [2.75, 3.05) is 33.4 Å². The molecule has 1 atom stereocenters. The largest absolute Gasteiger partial charge is 0.383 e. The quantitative estimate of drug-likeness (QED) is 0.852. The van der Waals surface area contributed by atoms with Gasteiger partial charge in [-0.2, -0.15) is 0 Å². The van der Waals surface area contributed by atoms with E-state index < -0.39 is 10.0 Å². The minimum Gasteiger partial charge on any atom is -0.383 e. The van der Waals surface area contributed by atoms with Gasteiger partial charge in [-0.3, -0.25) is 4.90 Å². The lowest BCUT2D eigenvalue weighted by Gasteiger charge is -2.33. The maximum absolute atomic E-state index is 13.0. The van der Waals surface area contributed by atoms with Gasteiger partial charge in [0.1, 0.15) is 0 Å². The van der Waals surface area contributed by atoms with Gasteiger partial charge in [0.15, 0.2) is 0 Å². The molecule has 1 heterocycles. The topological polar surface area (TPSA) is 58.6 Å². The molecule has 0 bridgehead atoms. The molecule has 0 spiro atoms. The molecule has 2 rings (SSSR count). The van der Waals surface area contributed by atoms with Crippen LogP contribution in [0.3, 0.4) is 0 Å². The average Bonchev–Trinajstić information content (AvgIpc) is 2.51. The summed E-state index contributed by atoms with van der Waals surface area (Å²) in [6.45, 7) is 11.0. The number of hydrogen-bond acceptors (Lipinski definition) is 4. The van der Waals surface area contributed by atoms with E-state index in [2.05, 4.69) is 15.7 Å². The van der Waals surface area contributed by atoms with Gasteiger partial charge in [-0.25, -0.2) is 13.1 Å². The molecule has 136 valence electrons. The van der Waals surface area contributed by atoms with E-state index in [9.17, 15) is 8.42 Å². The fraction of sp³-hybridized carbons (Fsp3) is 0.667. The van der Waals surface area contributed by atoms with Gasteiger partial charge < -0.3 is 4.74 Å². The van der Waals surface area contributed by atoms with Crippen molar-refractivity contribution >= 4 is 10.0 Å². The van der Waals surface area contributed by atoms with Gasteiger partial charge in [0.25, 0.3) is 0 Å². The maximum atomic E-state index is 13.0. The Bertz CT molecular complexity index is 660. The molecule has 0 aliphatic carbocycles. The number of sulfonamides is 1. The molecule has 0 radical (unpaired) electrons. The molecule has 1 aromatic carbocycles. The number of piperidine rings is 1. The van der Waals surface area contributed by atoms with Crippen molar-refractivity contribution in [1.29, 1.82) is 0 Å². The van der Waals surface area contributed by atoms with E-state index in [1.165, 1.54) is 0 Å². The predicted molar refractivity (Wildman–Crippen MR) is 97.0 cm³/mol. The minimum atomic E-state index is -3.52. The molecule has 0 aromatic heterocycles. The summed E-state index contributed by atoms with van der Waals surface area (Å²) in [6, 6.07) is 2.01. The first-order chi connectivity index (χ1) is 11.3. The Morgan fingerprint density at radius 3 is 2.42 bits per heavy atom. The van der Waals surface area contributed by atoms with Gasteiger partial charge in [0, 0.05) is 26.2 Å². The Morgan fingerprint density at radius 2 is 1.83 bits per heavy atom. The number of methoxy groups -OCH3 is 1. The third-order valence-electron chi connectivity index (χ3n) is 5.00. The molecule has 1 saturated heterocycles. The average molecular weight is 355 g/mol. The van der Waals surface area contributed by atoms with E-state index in [0.29, 0.717) is 11.5 Å². The highest BCUT2D eigenvalue weighted by Crippen LogP contribution is 2.26. The summed E-state index contributed by atoms with van der Waals surface area (Å²) in [4.78, 5) is 2.72. The number of benzene rings is 1. The summed E-state index contributed by atoms with van der Waals surface area (Å²) in [5, 5.41) is 0. The van der Waals surface area contributed by atoms with E-state index in [1.807, 2.05) is 27.7 Å². The molecule has 1 aliphatic heterocycles. The van der Waals surface area contributed by atoms with Crippen molar-refractivity contribution in [3.63, 3.8) is 0 Å². The van der Waals surface area contributed by atoms with Crippen LogP contribution in [0, 0.1) is 27.7 Å². The first-order valence-electron chi connectivity index (χ1n) is 8.57. The highest BCUT2D eigenvalue weighted by Gasteiger charge is 2.28. The maximum Gasteiger partial charge on any atom is 0.241 e. The van der Waals surface area contributed by atoms with E-state index in [0.717, 1.165) is 54.7 Å². The van der Waals surface area contributed by atoms with Crippen molar-refractivity contribution in [1.82, 2.24) is 9.62 Å². The second-order valence-electron chi connectivity index (χ2n) is 6.84. The molecular weight excluding hydrogens is 324 g/mol. The minimum absolute atomic E-state index is 0.0415. The molecule has 6 heteroatoms. The Labute approximate surface area is 146 Å². The van der Waals surface area contributed by atoms with Crippen molar-refractivity contribution in [3.8, 4) is 0 Å². The van der Waals surface area contributed by atoms with Gasteiger partial charge in [0.2, 0.25) is 10.0 Å². The fourth-order valence-electron chi connectivity index (χ4n) is 3.44. The lowest BCUT2D eigenvalue weighted by Crippen LogP contribution is -2.48. The Kier molecular flexibility index (Phi) is 6.42. The predicted octanol–water partition coefficient (Wildman–Crippen LogP) is 2.31. The lowest BCUT2D eigenvalue weighted by atomic mass is 10.0. The van der Waals surface area contributed by atoms with Gasteiger partial charge in [-0.1, -0.05) is 6.07 Å². The molecule has 1 fully saturated rings. The number of ether oxygens (including phenoxy) is 1. The van der Waals surface area contributed by atoms with Crippen LogP contribution in [0.5, 0.6) is 0 Å². The summed E-state index contributed by atoms with van der Waals surface area (Å²) >= 11 is 0. The molecule has 5 nitrogen and oxygen atoms in total. The highest BCUT2D eigenvalue weighted by molar-refractivity contribution is 7.89. The van der Waals surface area contributed by atoms with Crippen LogP contribution in [0.2, 0.25) is 0 Å². The molecular formula is C18H30N2O3S. The summed E-state index contributed by atoms with van der Waals surface area (Å²) in [5.41, 5.74) is 3.72. The van der Waals surface area contributed by atoms with Crippen LogP contribution < -0.4 is 4.72 Å². The standard InChI is InChI=1S/C18H30N2O3S/c1-13-11-14(2)16(4)18(15(13)3)24(21,22)19-17-7-6-8-20(12-17)9-10-23-5/h11,17,19H,6-10,12H2,1-5H3. The Hall–Kier alpha value is -0.950. The molecule has 1 N–H and O–H groups in total. The van der Waals surface area contributed by atoms with Crippen LogP contribution in [0.25, 0.3) is 0 Å². The number of nitrogens with zero attached hydrogens (tertiary/aromatic N) is 1. The van der Waals surface area contributed by atoms with Gasteiger partial charge in [0.05, 0.1) is 11.5 Å². The van der Waals surface area contributed by atoms with Crippen LogP contribution >= 0.6 is 0 Å². The number of hydrogen-bond donors (Lipinski definition) is 1. The first kappa shape index (κ1) is 19.4. The molecule has 0 amide bonds. The SMILES string of the molecule is COCCN1CCCC(NS(=O)(=O)c2c(C)c(C)cc(C)c2C)C1. The third-order valence-corrected chi connectivity index (χ3v) is 6.80. The van der Waals surface area contributed by atoms with Gasteiger partial charge >= 0.3 is 0 Å². The number of rotatable bonds is 6. The zero-order valence-corrected chi connectivity index (χ0v) is 16.3. The molecule has 1 aromatic rings. The van der Waals surface area contributed by atoms with Gasteiger partial charge in [-0.05, 0) is 69.3 Å². The van der Waals surface area contributed by atoms with Crippen LogP contribution in [-0.2, 0) is 14.8 Å². The van der Waals surface area contributed by atoms with Crippen molar-refractivity contribution in [2.45, 2.75) is 51.5 Å². The highest BCUT2D eigenvalue weighted by atomic mass is 32.2. The van der Waals surface area contributed by atoms with Crippen molar-refractivity contribution in [2.24, 2.45) is 0 Å². The van der Waals surface area contributed by atoms with E-state index in [4.69, 9.17) is 4.74 Å². The number of aryl methyl sites for hydroxylation is 2. The zero-order chi connectivity index (χ0) is 17.9. The molecule has 0 saturated carbocycles. The number of likely N-dealkylation sites (tertiary alicyclic amines) is 1. The second-order valence-corrected chi connectivity index (χ2v) is 8.49. The van der Waals surface area contributed by atoms with E-state index >= 15 is 0 Å². The molecule has 1 aliphatic rings. The summed E-state index contributed by atoms with van der Waals surface area (Å²) in [7, 11) is -1.83. The third kappa shape index (κ3) is 4.36. The Balaban J connectivity index is 2.20. The van der Waals surface area contributed by atoms with Crippen LogP contribution in [0.4, 0.5) is 0 Å². The second kappa shape index (κ2) is 7.95. The zero-order valence-electron chi connectivity index (χ0n) is 15.5. The van der Waals surface area contributed by atoms with Crippen LogP contribution in [-0.4, -0.2) is 52.7 Å². The van der Waals surface area contributed by atoms with Gasteiger partial charge in [-0.15, -0.1) is 0 Å². The molecule has 24 heavy (non-hydrogen) atoms. The smallest absolute Gasteiger partial charge is 0.241 e. The Morgan fingerprint density at radius 1 is 1.21 bits per heavy atom. The van der Waals surface area contributed by atoms with E-state index in [-0.39, 0.29) is 6.04 Å². The normalized spacial score (nSPS) is 19.6. The van der Waals surface area contributed by atoms with Crippen molar-refractivity contribution < 1.29 is 13.2 Å². The summed E-state index contributed by atoms with van der Waals surface area (Å²) < 4.78 is 34.1. The fourth-order valence-corrected chi connectivity index (χ4v) is 5.31. The van der Waals surface area contributed by atoms with Crippen LogP contribution in [0.1, 0.15) is 35.1 Å².